The lowest BCUT2D eigenvalue weighted by atomic mass is 9.51. The topological polar surface area (TPSA) is 139 Å². The fraction of sp³-hybridized carbons (Fsp3) is 0.302. The summed E-state index contributed by atoms with van der Waals surface area (Å²) >= 11 is 9.91. The smallest absolute Gasteiger partial charge is 0.242 e. The van der Waals surface area contributed by atoms with Crippen molar-refractivity contribution in [2.75, 3.05) is 16.9 Å². The number of phenolic OH excluding ortho intramolecular Hbond substituents is 1. The number of allylic oxidation sites excluding steroid dienone is 2. The maximum atomic E-state index is 15.2. The van der Waals surface area contributed by atoms with Gasteiger partial charge in [-0.05, 0) is 133 Å². The van der Waals surface area contributed by atoms with Gasteiger partial charge < -0.3 is 9.84 Å². The van der Waals surface area contributed by atoms with Crippen LogP contribution in [0.4, 0.5) is 11.5 Å². The lowest BCUT2D eigenvalue weighted by Gasteiger charge is -2.49. The van der Waals surface area contributed by atoms with Gasteiger partial charge in [0, 0.05) is 34.3 Å². The normalized spacial score (nSPS) is 25.5. The molecule has 3 aromatic carbocycles. The lowest BCUT2D eigenvalue weighted by Crippen LogP contribution is -2.49. The molecule has 57 heavy (non-hydrogen) atoms. The van der Waals surface area contributed by atoms with E-state index in [2.05, 4.69) is 0 Å². The van der Waals surface area contributed by atoms with Gasteiger partial charge in [0.1, 0.15) is 11.5 Å². The molecule has 290 valence electrons. The van der Waals surface area contributed by atoms with Gasteiger partial charge in [0.05, 0.1) is 44.4 Å². The second-order valence-electron chi connectivity index (χ2n) is 15.5. The lowest BCUT2D eigenvalue weighted by molar-refractivity contribution is -0.131. The highest BCUT2D eigenvalue weighted by atomic mass is 127. The second kappa shape index (κ2) is 13.3. The molecule has 2 saturated heterocycles. The number of carbonyl (C=O) groups is 5. The van der Waals surface area contributed by atoms with Gasteiger partial charge in [-0.1, -0.05) is 23.3 Å². The van der Waals surface area contributed by atoms with Gasteiger partial charge in [0.15, 0.2) is 17.3 Å². The van der Waals surface area contributed by atoms with E-state index in [0.717, 1.165) is 26.1 Å². The van der Waals surface area contributed by atoms with Crippen LogP contribution in [0.25, 0.3) is 20.7 Å². The molecule has 0 spiro atoms. The van der Waals surface area contributed by atoms with Crippen LogP contribution in [0, 0.1) is 39.6 Å². The van der Waals surface area contributed by atoms with Crippen molar-refractivity contribution in [2.45, 2.75) is 39.5 Å². The predicted molar refractivity (Wildman–Crippen MR) is 225 cm³/mol. The van der Waals surface area contributed by atoms with Crippen molar-refractivity contribution in [1.29, 1.82) is 0 Å². The van der Waals surface area contributed by atoms with E-state index in [1.165, 1.54) is 23.8 Å². The molecule has 9 rings (SSSR count). The van der Waals surface area contributed by atoms with Crippen LogP contribution in [0.15, 0.2) is 72.3 Å². The molecule has 6 atom stereocenters. The summed E-state index contributed by atoms with van der Waals surface area (Å²) in [5, 5.41) is 17.3. The number of methoxy groups -OCH3 is 1. The SMILES string of the molecule is COc1cc(C2C3=CCC4C(=O)N(c5ccc(C(C)=O)cc5)C(=O)C4C3CC3C(=O)N(c4cc(-c5sc6ccc(Cl)cc6c5C)nn4C)C(=O)C32C)cc(I)c1O. The zero-order valence-electron chi connectivity index (χ0n) is 31.5. The van der Waals surface area contributed by atoms with Gasteiger partial charge in [-0.25, -0.2) is 4.90 Å². The van der Waals surface area contributed by atoms with Gasteiger partial charge in [-0.15, -0.1) is 11.3 Å². The molecule has 14 heteroatoms. The Morgan fingerprint density at radius 1 is 1.00 bits per heavy atom. The van der Waals surface area contributed by atoms with Gasteiger partial charge >= 0.3 is 0 Å². The molecule has 11 nitrogen and oxygen atoms in total. The average Bonchev–Trinajstić information content (AvgIpc) is 3.86. The Labute approximate surface area is 350 Å². The summed E-state index contributed by atoms with van der Waals surface area (Å²) in [7, 11) is 3.16. The fourth-order valence-corrected chi connectivity index (χ4v) is 11.8. The molecule has 3 fully saturated rings. The van der Waals surface area contributed by atoms with E-state index in [0.29, 0.717) is 36.9 Å². The number of nitrogens with zero attached hydrogens (tertiary/aromatic N) is 4. The van der Waals surface area contributed by atoms with E-state index >= 15 is 4.79 Å². The summed E-state index contributed by atoms with van der Waals surface area (Å²) in [5.74, 6) is -4.73. The molecule has 1 N–H and O–H groups in total. The number of phenols is 1. The summed E-state index contributed by atoms with van der Waals surface area (Å²) in [6, 6.07) is 17.4. The Morgan fingerprint density at radius 3 is 2.44 bits per heavy atom. The molecule has 4 heterocycles. The minimum Gasteiger partial charge on any atom is -0.504 e. The number of aromatic nitrogens is 2. The summed E-state index contributed by atoms with van der Waals surface area (Å²) in [4.78, 5) is 74.2. The van der Waals surface area contributed by atoms with E-state index < -0.39 is 46.8 Å². The molecule has 5 aromatic rings. The number of aryl methyl sites for hydroxylation is 2. The Balaban J connectivity index is 1.16. The number of carbonyl (C=O) groups excluding carboxylic acids is 5. The van der Waals surface area contributed by atoms with Crippen LogP contribution in [0.5, 0.6) is 11.5 Å². The van der Waals surface area contributed by atoms with E-state index in [9.17, 15) is 24.3 Å². The highest BCUT2D eigenvalue weighted by Gasteiger charge is 2.68. The minimum atomic E-state index is -1.32. The number of halogens is 2. The van der Waals surface area contributed by atoms with Crippen LogP contribution >= 0.6 is 45.5 Å². The molecule has 0 bridgehead atoms. The quantitative estimate of drug-likeness (QED) is 0.0779. The first-order valence-electron chi connectivity index (χ1n) is 18.5. The molecule has 2 aliphatic heterocycles. The number of ether oxygens (including phenoxy) is 1. The number of anilines is 2. The van der Waals surface area contributed by atoms with Crippen molar-refractivity contribution in [3.8, 4) is 22.1 Å². The second-order valence-corrected chi connectivity index (χ2v) is 18.2. The third-order valence-electron chi connectivity index (χ3n) is 12.6. The number of rotatable bonds is 6. The predicted octanol–water partition coefficient (Wildman–Crippen LogP) is 8.22. The number of fused-ring (bicyclic) bond motifs is 5. The molecule has 4 amide bonds. The van der Waals surface area contributed by atoms with Crippen LogP contribution in [0.3, 0.4) is 0 Å². The highest BCUT2D eigenvalue weighted by molar-refractivity contribution is 14.1. The zero-order chi connectivity index (χ0) is 40.4. The number of aromatic hydroxyl groups is 1. The first-order chi connectivity index (χ1) is 27.1. The summed E-state index contributed by atoms with van der Waals surface area (Å²) in [6.07, 6.45) is 2.42. The number of benzene rings is 3. The maximum absolute atomic E-state index is 15.2. The number of hydrogen-bond donors (Lipinski definition) is 1. The Hall–Kier alpha value is -4.86. The Kier molecular flexibility index (Phi) is 8.83. The van der Waals surface area contributed by atoms with Gasteiger partial charge in [0.2, 0.25) is 23.6 Å². The molecule has 4 aliphatic rings. The van der Waals surface area contributed by atoms with Crippen LogP contribution in [0.2, 0.25) is 5.02 Å². The van der Waals surface area contributed by atoms with Crippen molar-refractivity contribution in [1.82, 2.24) is 9.78 Å². The third-order valence-corrected chi connectivity index (χ3v) is 15.0. The van der Waals surface area contributed by atoms with Crippen LogP contribution < -0.4 is 14.5 Å². The standard InChI is InChI=1S/C43H36ClIN4O7S/c1-19-27-16-23(44)8-13-33(27)57-38(19)31-18-34(47(4)46-31)49-40(53)29-17-28-25(36(43(29,3)42(49)55)22-14-30(45)37(51)32(15-22)56-5)11-12-26-35(28)41(54)48(39(26)52)24-9-6-21(7-10-24)20(2)50/h6-11,13-16,18,26,28-29,35-36,51H,12,17H2,1-5H3. The number of ketones is 1. The monoisotopic (exact) mass is 914 g/mol. The highest BCUT2D eigenvalue weighted by Crippen LogP contribution is 2.64. The molecular weight excluding hydrogens is 879 g/mol. The Bertz CT molecular complexity index is 2670. The van der Waals surface area contributed by atoms with Crippen molar-refractivity contribution in [3.63, 3.8) is 0 Å². The third kappa shape index (κ3) is 5.41. The van der Waals surface area contributed by atoms with E-state index in [1.807, 2.05) is 60.7 Å². The Morgan fingerprint density at radius 2 is 1.74 bits per heavy atom. The van der Waals surface area contributed by atoms with Crippen molar-refractivity contribution >= 4 is 96.5 Å². The van der Waals surface area contributed by atoms with E-state index in [1.54, 1.807) is 65.5 Å². The molecule has 6 unspecified atom stereocenters. The molecule has 2 aromatic heterocycles. The number of thiophene rings is 1. The summed E-state index contributed by atoms with van der Waals surface area (Å²) < 4.78 is 8.67. The number of Topliss-reactive ketones (excluding diaryl/α,β-unsaturated/α-hetero) is 1. The maximum Gasteiger partial charge on any atom is 0.242 e. The molecular formula is C43H36ClIN4O7S. The number of hydrogen-bond acceptors (Lipinski definition) is 9. The molecule has 2 aliphatic carbocycles. The van der Waals surface area contributed by atoms with Gasteiger partial charge in [0.25, 0.3) is 0 Å². The molecule has 0 radical (unpaired) electrons. The van der Waals surface area contributed by atoms with Gasteiger partial charge in [-0.3, -0.25) is 33.6 Å². The first kappa shape index (κ1) is 37.7. The zero-order valence-corrected chi connectivity index (χ0v) is 35.2. The largest absolute Gasteiger partial charge is 0.504 e. The number of imide groups is 2. The van der Waals surface area contributed by atoms with E-state index in [-0.39, 0.29) is 41.9 Å². The summed E-state index contributed by atoms with van der Waals surface area (Å²) in [6.45, 7) is 5.27. The van der Waals surface area contributed by atoms with Crippen LogP contribution in [-0.2, 0) is 26.2 Å². The van der Waals surface area contributed by atoms with Crippen molar-refractivity contribution in [2.24, 2.45) is 36.1 Å². The molecule has 1 saturated carbocycles. The van der Waals surface area contributed by atoms with E-state index in [4.69, 9.17) is 21.4 Å². The summed E-state index contributed by atoms with van der Waals surface area (Å²) in [5.41, 5.74) is 2.58. The number of amides is 4. The fourth-order valence-electron chi connectivity index (χ4n) is 9.84. The van der Waals surface area contributed by atoms with Crippen molar-refractivity contribution < 1.29 is 33.8 Å². The van der Waals surface area contributed by atoms with Crippen LogP contribution in [0.1, 0.15) is 54.1 Å². The minimum absolute atomic E-state index is 0.0479. The van der Waals surface area contributed by atoms with Crippen LogP contribution in [-0.4, -0.2) is 51.4 Å². The first-order valence-corrected chi connectivity index (χ1v) is 20.8. The van der Waals surface area contributed by atoms with Gasteiger partial charge in [-0.2, -0.15) is 5.10 Å². The van der Waals surface area contributed by atoms with Crippen molar-refractivity contribution in [3.05, 3.63) is 97.6 Å². The average molecular weight is 915 g/mol.